The summed E-state index contributed by atoms with van der Waals surface area (Å²) in [4.78, 5) is 16.3. The van der Waals surface area contributed by atoms with Crippen molar-refractivity contribution in [3.63, 3.8) is 0 Å². The second kappa shape index (κ2) is 6.44. The van der Waals surface area contributed by atoms with Gasteiger partial charge < -0.3 is 9.73 Å². The van der Waals surface area contributed by atoms with Gasteiger partial charge in [0.25, 0.3) is 0 Å². The molecule has 1 N–H and O–H groups in total. The number of carbonyl (C=O) groups excluding carboxylic acids is 1. The number of amides is 1. The van der Waals surface area contributed by atoms with Crippen molar-refractivity contribution in [3.8, 4) is 11.5 Å². The Morgan fingerprint density at radius 2 is 2.00 bits per heavy atom. The molecule has 1 heterocycles. The molecular weight excluding hydrogens is 295 g/mol. The van der Waals surface area contributed by atoms with E-state index in [4.69, 9.17) is 4.42 Å². The number of oxazole rings is 1. The van der Waals surface area contributed by atoms with Crippen LogP contribution in [0.15, 0.2) is 59.2 Å². The lowest BCUT2D eigenvalue weighted by atomic mass is 10.2. The monoisotopic (exact) mass is 310 g/mol. The van der Waals surface area contributed by atoms with E-state index in [1.165, 1.54) is 12.3 Å². The highest BCUT2D eigenvalue weighted by atomic mass is 19.1. The molecule has 0 saturated heterocycles. The van der Waals surface area contributed by atoms with Crippen molar-refractivity contribution in [1.82, 2.24) is 4.98 Å². The summed E-state index contributed by atoms with van der Waals surface area (Å²) >= 11 is 0. The van der Waals surface area contributed by atoms with Crippen LogP contribution in [0.4, 0.5) is 10.1 Å². The van der Waals surface area contributed by atoms with E-state index >= 15 is 0 Å². The van der Waals surface area contributed by atoms with E-state index in [1.807, 2.05) is 30.3 Å². The number of hydrogen-bond acceptors (Lipinski definition) is 3. The molecule has 0 aliphatic rings. The molecule has 3 aromatic rings. The van der Waals surface area contributed by atoms with Crippen LogP contribution in [0.2, 0.25) is 0 Å². The normalized spacial score (nSPS) is 10.5. The first-order valence-electron chi connectivity index (χ1n) is 7.17. The predicted molar refractivity (Wildman–Crippen MR) is 85.4 cm³/mol. The highest BCUT2D eigenvalue weighted by Gasteiger charge is 2.11. The minimum Gasteiger partial charge on any atom is -0.444 e. The quantitative estimate of drug-likeness (QED) is 0.793. The van der Waals surface area contributed by atoms with Gasteiger partial charge in [0.2, 0.25) is 11.8 Å². The molecule has 0 fully saturated rings. The van der Waals surface area contributed by atoms with Crippen molar-refractivity contribution >= 4 is 11.6 Å². The van der Waals surface area contributed by atoms with E-state index in [0.29, 0.717) is 22.8 Å². The Morgan fingerprint density at radius 1 is 1.22 bits per heavy atom. The summed E-state index contributed by atoms with van der Waals surface area (Å²) in [5.41, 5.74) is 2.32. The van der Waals surface area contributed by atoms with Crippen LogP contribution in [0.5, 0.6) is 0 Å². The molecule has 0 aliphatic carbocycles. The minimum atomic E-state index is -0.351. The molecule has 23 heavy (non-hydrogen) atoms. The lowest BCUT2D eigenvalue weighted by molar-refractivity contribution is -0.115. The van der Waals surface area contributed by atoms with E-state index < -0.39 is 0 Å². The van der Waals surface area contributed by atoms with Gasteiger partial charge in [-0.1, -0.05) is 24.3 Å². The van der Waals surface area contributed by atoms with Crippen LogP contribution in [0.3, 0.4) is 0 Å². The Kier molecular flexibility index (Phi) is 4.19. The number of benzene rings is 2. The number of rotatable bonds is 4. The molecule has 0 saturated carbocycles. The first-order chi connectivity index (χ1) is 11.1. The van der Waals surface area contributed by atoms with Crippen molar-refractivity contribution in [2.24, 2.45) is 0 Å². The van der Waals surface area contributed by atoms with Gasteiger partial charge in [-0.2, -0.15) is 0 Å². The molecule has 5 heteroatoms. The summed E-state index contributed by atoms with van der Waals surface area (Å²) < 4.78 is 18.9. The van der Waals surface area contributed by atoms with Gasteiger partial charge in [-0.05, 0) is 36.8 Å². The smallest absolute Gasteiger partial charge is 0.230 e. The molecule has 0 radical (unpaired) electrons. The van der Waals surface area contributed by atoms with Gasteiger partial charge in [-0.15, -0.1) is 0 Å². The first-order valence-corrected chi connectivity index (χ1v) is 7.17. The molecule has 0 spiro atoms. The molecule has 4 nitrogen and oxygen atoms in total. The summed E-state index contributed by atoms with van der Waals surface area (Å²) in [5, 5.41) is 2.65. The number of nitrogens with one attached hydrogen (secondary N) is 1. The number of nitrogens with zero attached hydrogens (tertiary/aromatic N) is 1. The zero-order valence-electron chi connectivity index (χ0n) is 12.5. The fourth-order valence-electron chi connectivity index (χ4n) is 2.14. The first kappa shape index (κ1) is 15.0. The Hall–Kier alpha value is -2.95. The largest absolute Gasteiger partial charge is 0.444 e. The Bertz CT molecular complexity index is 828. The van der Waals surface area contributed by atoms with Crippen molar-refractivity contribution in [3.05, 3.63) is 71.9 Å². The Morgan fingerprint density at radius 3 is 2.74 bits per heavy atom. The maximum Gasteiger partial charge on any atom is 0.230 e. The van der Waals surface area contributed by atoms with Gasteiger partial charge in [0.1, 0.15) is 12.1 Å². The Balaban J connectivity index is 1.66. The highest BCUT2D eigenvalue weighted by Crippen LogP contribution is 2.18. The molecule has 2 aromatic carbocycles. The standard InChI is InChI=1S/C18H15FN2O2/c1-12-7-8-14(9-16(12)19)20-17(22)10-15-11-23-18(21-15)13-5-3-2-4-6-13/h2-9,11H,10H2,1H3,(H,20,22). The average molecular weight is 310 g/mol. The SMILES string of the molecule is Cc1ccc(NC(=O)Cc2coc(-c3ccccc3)n2)cc1F. The summed E-state index contributed by atoms with van der Waals surface area (Å²) in [5.74, 6) is -0.161. The lowest BCUT2D eigenvalue weighted by Gasteiger charge is -2.05. The van der Waals surface area contributed by atoms with Crippen LogP contribution in [-0.2, 0) is 11.2 Å². The zero-order chi connectivity index (χ0) is 16.2. The van der Waals surface area contributed by atoms with Gasteiger partial charge in [0.15, 0.2) is 0 Å². The van der Waals surface area contributed by atoms with Gasteiger partial charge in [0, 0.05) is 11.3 Å². The fraction of sp³-hybridized carbons (Fsp3) is 0.111. The number of aromatic nitrogens is 1. The van der Waals surface area contributed by atoms with Gasteiger partial charge in [-0.25, -0.2) is 9.37 Å². The molecule has 0 aliphatic heterocycles. The Labute approximate surface area is 133 Å². The zero-order valence-corrected chi connectivity index (χ0v) is 12.5. The van der Waals surface area contributed by atoms with Gasteiger partial charge in [0.05, 0.1) is 12.1 Å². The number of hydrogen-bond donors (Lipinski definition) is 1. The van der Waals surface area contributed by atoms with E-state index in [2.05, 4.69) is 10.3 Å². The molecule has 0 bridgehead atoms. The number of aryl methyl sites for hydroxylation is 1. The molecule has 3 rings (SSSR count). The number of carbonyl (C=O) groups is 1. The third kappa shape index (κ3) is 3.63. The fourth-order valence-corrected chi connectivity index (χ4v) is 2.14. The summed E-state index contributed by atoms with van der Waals surface area (Å²) in [6, 6.07) is 14.0. The second-order valence-electron chi connectivity index (χ2n) is 5.20. The number of anilines is 1. The molecule has 0 atom stereocenters. The molecule has 0 unspecified atom stereocenters. The molecule has 1 amide bonds. The highest BCUT2D eigenvalue weighted by molar-refractivity contribution is 5.92. The maximum atomic E-state index is 13.5. The van der Waals surface area contributed by atoms with Crippen LogP contribution >= 0.6 is 0 Å². The predicted octanol–water partition coefficient (Wildman–Crippen LogP) is 3.97. The third-order valence-corrected chi connectivity index (χ3v) is 3.37. The topological polar surface area (TPSA) is 55.1 Å². The summed E-state index contributed by atoms with van der Waals surface area (Å²) in [6.45, 7) is 1.67. The van der Waals surface area contributed by atoms with Crippen molar-refractivity contribution in [2.75, 3.05) is 5.32 Å². The van der Waals surface area contributed by atoms with Crippen LogP contribution in [0, 0.1) is 12.7 Å². The third-order valence-electron chi connectivity index (χ3n) is 3.37. The van der Waals surface area contributed by atoms with E-state index in [1.54, 1.807) is 19.1 Å². The molecule has 116 valence electrons. The second-order valence-corrected chi connectivity index (χ2v) is 5.20. The van der Waals surface area contributed by atoms with Crippen molar-refractivity contribution in [2.45, 2.75) is 13.3 Å². The molecule has 1 aromatic heterocycles. The van der Waals surface area contributed by atoms with E-state index in [9.17, 15) is 9.18 Å². The molecular formula is C18H15FN2O2. The van der Waals surface area contributed by atoms with Crippen LogP contribution in [0.1, 0.15) is 11.3 Å². The number of halogens is 1. The summed E-state index contributed by atoms with van der Waals surface area (Å²) in [6.07, 6.45) is 1.52. The van der Waals surface area contributed by atoms with E-state index in [0.717, 1.165) is 5.56 Å². The van der Waals surface area contributed by atoms with Crippen LogP contribution in [-0.4, -0.2) is 10.9 Å². The van der Waals surface area contributed by atoms with Gasteiger partial charge in [-0.3, -0.25) is 4.79 Å². The summed E-state index contributed by atoms with van der Waals surface area (Å²) in [7, 11) is 0. The minimum absolute atomic E-state index is 0.0613. The van der Waals surface area contributed by atoms with Gasteiger partial charge >= 0.3 is 0 Å². The van der Waals surface area contributed by atoms with Crippen molar-refractivity contribution < 1.29 is 13.6 Å². The lowest BCUT2D eigenvalue weighted by Crippen LogP contribution is -2.14. The van der Waals surface area contributed by atoms with E-state index in [-0.39, 0.29) is 18.1 Å². The average Bonchev–Trinajstić information content (AvgIpc) is 3.00. The van der Waals surface area contributed by atoms with Crippen LogP contribution < -0.4 is 5.32 Å². The van der Waals surface area contributed by atoms with Crippen LogP contribution in [0.25, 0.3) is 11.5 Å². The maximum absolute atomic E-state index is 13.5. The van der Waals surface area contributed by atoms with Crippen molar-refractivity contribution in [1.29, 1.82) is 0 Å².